The van der Waals surface area contributed by atoms with Crippen LogP contribution in [-0.4, -0.2) is 19.6 Å². The van der Waals surface area contributed by atoms with Crippen molar-refractivity contribution in [3.05, 3.63) is 28.2 Å². The van der Waals surface area contributed by atoms with E-state index in [1.54, 1.807) is 0 Å². The molecule has 0 atom stereocenters. The minimum atomic E-state index is 0.697. The van der Waals surface area contributed by atoms with Crippen molar-refractivity contribution in [2.75, 3.05) is 24.5 Å². The fourth-order valence-corrected chi connectivity index (χ4v) is 2.90. The van der Waals surface area contributed by atoms with E-state index in [4.69, 9.17) is 0 Å². The van der Waals surface area contributed by atoms with Crippen molar-refractivity contribution < 1.29 is 0 Å². The smallest absolute Gasteiger partial charge is 0.0510 e. The molecule has 0 aliphatic heterocycles. The van der Waals surface area contributed by atoms with E-state index < -0.39 is 0 Å². The maximum absolute atomic E-state index is 3.73. The predicted octanol–water partition coefficient (Wildman–Crippen LogP) is 4.82. The first-order valence-corrected chi connectivity index (χ1v) is 8.61. The molecule has 1 aromatic rings. The highest BCUT2D eigenvalue weighted by molar-refractivity contribution is 9.10. The zero-order chi connectivity index (χ0) is 15.0. The minimum Gasteiger partial charge on any atom is -0.371 e. The number of hydrogen-bond donors (Lipinski definition) is 1. The van der Waals surface area contributed by atoms with Crippen molar-refractivity contribution in [2.24, 2.45) is 5.92 Å². The fourth-order valence-electron chi connectivity index (χ4n) is 2.22. The highest BCUT2D eigenvalue weighted by atomic mass is 79.9. The first kappa shape index (κ1) is 17.5. The number of rotatable bonds is 9. The predicted molar refractivity (Wildman–Crippen MR) is 93.5 cm³/mol. The summed E-state index contributed by atoms with van der Waals surface area (Å²) < 4.78 is 1.21. The van der Waals surface area contributed by atoms with Crippen LogP contribution in [-0.2, 0) is 6.54 Å². The molecular formula is C17H29BrN2. The van der Waals surface area contributed by atoms with Crippen LogP contribution < -0.4 is 10.2 Å². The Balaban J connectivity index is 2.66. The van der Waals surface area contributed by atoms with E-state index in [1.165, 1.54) is 28.6 Å². The first-order chi connectivity index (χ1) is 9.58. The lowest BCUT2D eigenvalue weighted by molar-refractivity contribution is 0.552. The van der Waals surface area contributed by atoms with E-state index in [0.717, 1.165) is 26.2 Å². The second-order valence-electron chi connectivity index (χ2n) is 5.74. The highest BCUT2D eigenvalue weighted by Crippen LogP contribution is 2.27. The third kappa shape index (κ3) is 5.84. The van der Waals surface area contributed by atoms with Crippen LogP contribution in [0.3, 0.4) is 0 Å². The number of hydrogen-bond acceptors (Lipinski definition) is 2. The summed E-state index contributed by atoms with van der Waals surface area (Å²) in [6, 6.07) is 6.73. The number of anilines is 1. The van der Waals surface area contributed by atoms with Gasteiger partial charge in [0.05, 0.1) is 5.69 Å². The molecule has 0 unspecified atom stereocenters. The maximum atomic E-state index is 3.73. The normalized spacial score (nSPS) is 11.1. The third-order valence-corrected chi connectivity index (χ3v) is 4.03. The Morgan fingerprint density at radius 1 is 1.25 bits per heavy atom. The van der Waals surface area contributed by atoms with Gasteiger partial charge >= 0.3 is 0 Å². The lowest BCUT2D eigenvalue weighted by atomic mass is 10.1. The van der Waals surface area contributed by atoms with Gasteiger partial charge in [-0.1, -0.05) is 33.3 Å². The van der Waals surface area contributed by atoms with E-state index in [1.807, 2.05) is 0 Å². The molecule has 1 aromatic carbocycles. The topological polar surface area (TPSA) is 15.3 Å². The van der Waals surface area contributed by atoms with Gasteiger partial charge in [-0.2, -0.15) is 0 Å². The van der Waals surface area contributed by atoms with Gasteiger partial charge in [0.15, 0.2) is 0 Å². The van der Waals surface area contributed by atoms with E-state index in [2.05, 4.69) is 72.0 Å². The molecule has 2 nitrogen and oxygen atoms in total. The standard InChI is InChI=1S/C17H29BrN2/c1-5-7-10-20(6-2)17-9-8-15(11-16(17)18)13-19-12-14(3)4/h8-9,11,14,19H,5-7,10,12-13H2,1-4H3. The summed E-state index contributed by atoms with van der Waals surface area (Å²) in [7, 11) is 0. The molecule has 0 bridgehead atoms. The molecule has 0 aromatic heterocycles. The van der Waals surface area contributed by atoms with Gasteiger partial charge in [0, 0.05) is 24.1 Å². The van der Waals surface area contributed by atoms with Crippen LogP contribution in [0, 0.1) is 5.92 Å². The van der Waals surface area contributed by atoms with Crippen LogP contribution in [0.15, 0.2) is 22.7 Å². The summed E-state index contributed by atoms with van der Waals surface area (Å²) in [6.45, 7) is 13.1. The van der Waals surface area contributed by atoms with E-state index in [9.17, 15) is 0 Å². The van der Waals surface area contributed by atoms with Crippen LogP contribution in [0.5, 0.6) is 0 Å². The van der Waals surface area contributed by atoms with Gasteiger partial charge in [0.1, 0.15) is 0 Å². The summed E-state index contributed by atoms with van der Waals surface area (Å²) in [5.41, 5.74) is 2.65. The summed E-state index contributed by atoms with van der Waals surface area (Å²) >= 11 is 3.73. The summed E-state index contributed by atoms with van der Waals surface area (Å²) in [6.07, 6.45) is 2.49. The van der Waals surface area contributed by atoms with Crippen molar-refractivity contribution >= 4 is 21.6 Å². The molecule has 0 aliphatic carbocycles. The molecule has 114 valence electrons. The first-order valence-electron chi connectivity index (χ1n) is 7.82. The van der Waals surface area contributed by atoms with Crippen LogP contribution >= 0.6 is 15.9 Å². The quantitative estimate of drug-likeness (QED) is 0.693. The molecule has 0 heterocycles. The molecule has 3 heteroatoms. The van der Waals surface area contributed by atoms with Gasteiger partial charge in [0.25, 0.3) is 0 Å². The Morgan fingerprint density at radius 3 is 2.55 bits per heavy atom. The maximum Gasteiger partial charge on any atom is 0.0510 e. The largest absolute Gasteiger partial charge is 0.371 e. The number of nitrogens with zero attached hydrogens (tertiary/aromatic N) is 1. The van der Waals surface area contributed by atoms with Crippen LogP contribution in [0.2, 0.25) is 0 Å². The van der Waals surface area contributed by atoms with E-state index >= 15 is 0 Å². The highest BCUT2D eigenvalue weighted by Gasteiger charge is 2.08. The second-order valence-corrected chi connectivity index (χ2v) is 6.60. The zero-order valence-corrected chi connectivity index (χ0v) is 15.0. The molecule has 0 amide bonds. The average molecular weight is 341 g/mol. The molecule has 20 heavy (non-hydrogen) atoms. The second kappa shape index (κ2) is 9.41. The zero-order valence-electron chi connectivity index (χ0n) is 13.4. The third-order valence-electron chi connectivity index (χ3n) is 3.40. The number of nitrogens with one attached hydrogen (secondary N) is 1. The number of unbranched alkanes of at least 4 members (excludes halogenated alkanes) is 1. The Morgan fingerprint density at radius 2 is 2.00 bits per heavy atom. The lowest BCUT2D eigenvalue weighted by Gasteiger charge is -2.24. The van der Waals surface area contributed by atoms with Crippen molar-refractivity contribution in [2.45, 2.75) is 47.1 Å². The summed E-state index contributed by atoms with van der Waals surface area (Å²) in [5, 5.41) is 3.49. The molecule has 0 spiro atoms. The molecule has 0 saturated carbocycles. The molecule has 1 N–H and O–H groups in total. The number of benzene rings is 1. The van der Waals surface area contributed by atoms with Crippen molar-refractivity contribution in [1.82, 2.24) is 5.32 Å². The summed E-state index contributed by atoms with van der Waals surface area (Å²) in [5.74, 6) is 0.697. The van der Waals surface area contributed by atoms with Crippen molar-refractivity contribution in [1.29, 1.82) is 0 Å². The fraction of sp³-hybridized carbons (Fsp3) is 0.647. The van der Waals surface area contributed by atoms with Gasteiger partial charge < -0.3 is 10.2 Å². The van der Waals surface area contributed by atoms with Gasteiger partial charge in [-0.05, 0) is 59.4 Å². The van der Waals surface area contributed by atoms with E-state index in [0.29, 0.717) is 5.92 Å². The Kier molecular flexibility index (Phi) is 8.24. The van der Waals surface area contributed by atoms with Crippen LogP contribution in [0.25, 0.3) is 0 Å². The summed E-state index contributed by atoms with van der Waals surface area (Å²) in [4.78, 5) is 2.44. The van der Waals surface area contributed by atoms with E-state index in [-0.39, 0.29) is 0 Å². The van der Waals surface area contributed by atoms with Crippen LogP contribution in [0.4, 0.5) is 5.69 Å². The molecule has 0 aliphatic rings. The SMILES string of the molecule is CCCCN(CC)c1ccc(CNCC(C)C)cc1Br. The number of halogens is 1. The van der Waals surface area contributed by atoms with Crippen molar-refractivity contribution in [3.8, 4) is 0 Å². The van der Waals surface area contributed by atoms with Gasteiger partial charge in [-0.25, -0.2) is 0 Å². The van der Waals surface area contributed by atoms with Gasteiger partial charge in [-0.15, -0.1) is 0 Å². The molecule has 0 fully saturated rings. The Bertz CT molecular complexity index is 391. The van der Waals surface area contributed by atoms with Gasteiger partial charge in [0.2, 0.25) is 0 Å². The monoisotopic (exact) mass is 340 g/mol. The minimum absolute atomic E-state index is 0.697. The van der Waals surface area contributed by atoms with Crippen molar-refractivity contribution in [3.63, 3.8) is 0 Å². The Hall–Kier alpha value is -0.540. The molecule has 0 radical (unpaired) electrons. The molecular weight excluding hydrogens is 312 g/mol. The molecule has 0 saturated heterocycles. The molecule has 1 rings (SSSR count). The average Bonchev–Trinajstić information content (AvgIpc) is 2.41. The van der Waals surface area contributed by atoms with Crippen LogP contribution in [0.1, 0.15) is 46.1 Å². The Labute approximate surface area is 133 Å². The van der Waals surface area contributed by atoms with Gasteiger partial charge in [-0.3, -0.25) is 0 Å². The lowest BCUT2D eigenvalue weighted by Crippen LogP contribution is -2.24.